The fourth-order valence-electron chi connectivity index (χ4n) is 3.68. The monoisotopic (exact) mass is 276 g/mol. The first-order chi connectivity index (χ1) is 10.2. The van der Waals surface area contributed by atoms with Crippen LogP contribution in [0.1, 0.15) is 42.4 Å². The molecule has 2 unspecified atom stereocenters. The molecule has 1 aliphatic carbocycles. The lowest BCUT2D eigenvalue weighted by atomic mass is 9.77. The second-order valence-corrected chi connectivity index (χ2v) is 6.16. The molecule has 0 bridgehead atoms. The summed E-state index contributed by atoms with van der Waals surface area (Å²) in [5.41, 5.74) is 4.40. The maximum Gasteiger partial charge on any atom is 0.130 e. The van der Waals surface area contributed by atoms with E-state index in [4.69, 9.17) is 0 Å². The molecule has 0 spiro atoms. The predicted octanol–water partition coefficient (Wildman–Crippen LogP) is 4.63. The molecule has 106 valence electrons. The topological polar surface area (TPSA) is 17.1 Å². The van der Waals surface area contributed by atoms with E-state index in [1.807, 2.05) is 19.1 Å². The van der Waals surface area contributed by atoms with Crippen molar-refractivity contribution in [2.75, 3.05) is 0 Å². The summed E-state index contributed by atoms with van der Waals surface area (Å²) < 4.78 is 0. The van der Waals surface area contributed by atoms with Crippen molar-refractivity contribution in [3.8, 4) is 0 Å². The molecule has 0 fully saturated rings. The Bertz CT molecular complexity index is 671. The van der Waals surface area contributed by atoms with Crippen LogP contribution in [-0.2, 0) is 10.2 Å². The predicted molar refractivity (Wildman–Crippen MR) is 86.5 cm³/mol. The number of hydrogen-bond donors (Lipinski definition) is 0. The van der Waals surface area contributed by atoms with E-state index >= 15 is 0 Å². The Balaban J connectivity index is 2.12. The van der Waals surface area contributed by atoms with Crippen molar-refractivity contribution in [1.82, 2.24) is 0 Å². The standard InChI is InChI=1S/C20H20O/c1-15(2)12-20(14-21)13-18(16-8-4-3-5-9-16)17-10-6-7-11-19(17)20/h3-11,14,18H,1,12-13H2,2H3. The van der Waals surface area contributed by atoms with Gasteiger partial charge in [-0.1, -0.05) is 60.2 Å². The minimum Gasteiger partial charge on any atom is -0.302 e. The van der Waals surface area contributed by atoms with E-state index < -0.39 is 5.41 Å². The summed E-state index contributed by atoms with van der Waals surface area (Å²) in [7, 11) is 0. The molecule has 1 nitrogen and oxygen atoms in total. The van der Waals surface area contributed by atoms with Gasteiger partial charge in [-0.05, 0) is 36.5 Å². The van der Waals surface area contributed by atoms with Crippen molar-refractivity contribution in [2.45, 2.75) is 31.1 Å². The Morgan fingerprint density at radius 1 is 1.19 bits per heavy atom. The molecule has 21 heavy (non-hydrogen) atoms. The van der Waals surface area contributed by atoms with Gasteiger partial charge in [-0.3, -0.25) is 0 Å². The van der Waals surface area contributed by atoms with Gasteiger partial charge in [-0.15, -0.1) is 6.58 Å². The Morgan fingerprint density at radius 2 is 1.86 bits per heavy atom. The molecular weight excluding hydrogens is 256 g/mol. The first kappa shape index (κ1) is 13.8. The Labute approximate surface area is 126 Å². The molecule has 1 heteroatoms. The van der Waals surface area contributed by atoms with Crippen molar-refractivity contribution in [1.29, 1.82) is 0 Å². The van der Waals surface area contributed by atoms with E-state index in [0.717, 1.165) is 24.7 Å². The maximum absolute atomic E-state index is 12.0. The van der Waals surface area contributed by atoms with Gasteiger partial charge in [-0.2, -0.15) is 0 Å². The molecule has 0 saturated carbocycles. The third-order valence-corrected chi connectivity index (χ3v) is 4.49. The van der Waals surface area contributed by atoms with Crippen LogP contribution in [0.4, 0.5) is 0 Å². The minimum atomic E-state index is -0.414. The molecule has 0 amide bonds. The smallest absolute Gasteiger partial charge is 0.130 e. The normalized spacial score (nSPS) is 23.6. The third-order valence-electron chi connectivity index (χ3n) is 4.49. The second-order valence-electron chi connectivity index (χ2n) is 6.16. The van der Waals surface area contributed by atoms with Crippen molar-refractivity contribution in [3.63, 3.8) is 0 Å². The summed E-state index contributed by atoms with van der Waals surface area (Å²) in [6.07, 6.45) is 2.72. The summed E-state index contributed by atoms with van der Waals surface area (Å²) in [5.74, 6) is 0.298. The van der Waals surface area contributed by atoms with Crippen molar-refractivity contribution < 1.29 is 4.79 Å². The second kappa shape index (κ2) is 5.33. The van der Waals surface area contributed by atoms with Crippen LogP contribution < -0.4 is 0 Å². The zero-order valence-corrected chi connectivity index (χ0v) is 12.4. The summed E-state index contributed by atoms with van der Waals surface area (Å²) in [4.78, 5) is 12.0. The molecule has 0 saturated heterocycles. The van der Waals surface area contributed by atoms with Crippen LogP contribution in [0.15, 0.2) is 66.7 Å². The number of carbonyl (C=O) groups excluding carboxylic acids is 1. The Kier molecular flexibility index (Phi) is 3.50. The van der Waals surface area contributed by atoms with Crippen molar-refractivity contribution >= 4 is 6.29 Å². The van der Waals surface area contributed by atoms with Gasteiger partial charge < -0.3 is 4.79 Å². The van der Waals surface area contributed by atoms with E-state index in [-0.39, 0.29) is 0 Å². The average molecular weight is 276 g/mol. The molecule has 0 aliphatic heterocycles. The van der Waals surface area contributed by atoms with Crippen LogP contribution in [-0.4, -0.2) is 6.29 Å². The number of allylic oxidation sites excluding steroid dienone is 1. The molecule has 1 aliphatic rings. The highest BCUT2D eigenvalue weighted by Crippen LogP contribution is 2.50. The zero-order valence-electron chi connectivity index (χ0n) is 12.4. The molecule has 3 rings (SSSR count). The molecule has 2 aromatic carbocycles. The van der Waals surface area contributed by atoms with Crippen LogP contribution in [0.5, 0.6) is 0 Å². The lowest BCUT2D eigenvalue weighted by Crippen LogP contribution is -2.25. The molecule has 2 atom stereocenters. The number of carbonyl (C=O) groups is 1. The molecule has 0 heterocycles. The van der Waals surface area contributed by atoms with Crippen molar-refractivity contribution in [2.24, 2.45) is 0 Å². The van der Waals surface area contributed by atoms with Crippen molar-refractivity contribution in [3.05, 3.63) is 83.4 Å². The zero-order chi connectivity index (χ0) is 14.9. The SMILES string of the molecule is C=C(C)CC1(C=O)CC(c2ccccc2)c2ccccc21. The van der Waals surface area contributed by atoms with Gasteiger partial charge in [0.05, 0.1) is 5.41 Å². The van der Waals surface area contributed by atoms with E-state index in [0.29, 0.717) is 5.92 Å². The highest BCUT2D eigenvalue weighted by Gasteiger charge is 2.43. The molecule has 0 radical (unpaired) electrons. The lowest BCUT2D eigenvalue weighted by molar-refractivity contribution is -0.112. The quantitative estimate of drug-likeness (QED) is 0.588. The number of benzene rings is 2. The van der Waals surface area contributed by atoms with Gasteiger partial charge in [-0.25, -0.2) is 0 Å². The van der Waals surface area contributed by atoms with E-state index in [2.05, 4.69) is 49.0 Å². The number of aldehydes is 1. The number of fused-ring (bicyclic) bond motifs is 1. The van der Waals surface area contributed by atoms with E-state index in [1.165, 1.54) is 16.7 Å². The van der Waals surface area contributed by atoms with Gasteiger partial charge in [0.2, 0.25) is 0 Å². The first-order valence-electron chi connectivity index (χ1n) is 7.41. The Hall–Kier alpha value is -2.15. The maximum atomic E-state index is 12.0. The molecule has 0 aromatic heterocycles. The van der Waals surface area contributed by atoms with Gasteiger partial charge >= 0.3 is 0 Å². The highest BCUT2D eigenvalue weighted by molar-refractivity contribution is 5.74. The van der Waals surface area contributed by atoms with Crippen LogP contribution in [0.2, 0.25) is 0 Å². The summed E-state index contributed by atoms with van der Waals surface area (Å²) in [6.45, 7) is 6.03. The number of rotatable bonds is 4. The third kappa shape index (κ3) is 2.33. The fraction of sp³-hybridized carbons (Fsp3) is 0.250. The average Bonchev–Trinajstić information content (AvgIpc) is 2.83. The van der Waals surface area contributed by atoms with Gasteiger partial charge in [0.1, 0.15) is 6.29 Å². The largest absolute Gasteiger partial charge is 0.302 e. The summed E-state index contributed by atoms with van der Waals surface area (Å²) in [5, 5.41) is 0. The fourth-order valence-corrected chi connectivity index (χ4v) is 3.68. The minimum absolute atomic E-state index is 0.298. The first-order valence-corrected chi connectivity index (χ1v) is 7.41. The summed E-state index contributed by atoms with van der Waals surface area (Å²) >= 11 is 0. The van der Waals surface area contributed by atoms with Gasteiger partial charge in [0.15, 0.2) is 0 Å². The van der Waals surface area contributed by atoms with Gasteiger partial charge in [0.25, 0.3) is 0 Å². The molecule has 2 aromatic rings. The van der Waals surface area contributed by atoms with Crippen LogP contribution in [0.25, 0.3) is 0 Å². The lowest BCUT2D eigenvalue weighted by Gasteiger charge is -2.24. The number of hydrogen-bond acceptors (Lipinski definition) is 1. The van der Waals surface area contributed by atoms with E-state index in [1.54, 1.807) is 0 Å². The highest BCUT2D eigenvalue weighted by atomic mass is 16.1. The van der Waals surface area contributed by atoms with E-state index in [9.17, 15) is 4.79 Å². The van der Waals surface area contributed by atoms with Crippen LogP contribution in [0.3, 0.4) is 0 Å². The molecule has 0 N–H and O–H groups in total. The van der Waals surface area contributed by atoms with Gasteiger partial charge in [0, 0.05) is 5.92 Å². The molecular formula is C20H20O. The summed E-state index contributed by atoms with van der Waals surface area (Å²) in [6, 6.07) is 18.8. The Morgan fingerprint density at radius 3 is 2.52 bits per heavy atom. The van der Waals surface area contributed by atoms with Crippen LogP contribution in [0, 0.1) is 0 Å². The van der Waals surface area contributed by atoms with Crippen LogP contribution >= 0.6 is 0 Å².